The predicted molar refractivity (Wildman–Crippen MR) is 77.9 cm³/mol. The van der Waals surface area contributed by atoms with Crippen LogP contribution in [0, 0.1) is 5.92 Å². The molecule has 0 saturated heterocycles. The lowest BCUT2D eigenvalue weighted by Gasteiger charge is -2.18. The van der Waals surface area contributed by atoms with Crippen molar-refractivity contribution in [3.05, 3.63) is 23.8 Å². The van der Waals surface area contributed by atoms with Gasteiger partial charge in [-0.15, -0.1) is 0 Å². The fourth-order valence-corrected chi connectivity index (χ4v) is 1.94. The van der Waals surface area contributed by atoms with E-state index in [4.69, 9.17) is 4.74 Å². The Bertz CT molecular complexity index is 406. The van der Waals surface area contributed by atoms with Gasteiger partial charge < -0.3 is 4.74 Å². The summed E-state index contributed by atoms with van der Waals surface area (Å²) < 4.78 is 30.9. The molecule has 0 aliphatic carbocycles. The molecule has 0 radical (unpaired) electrons. The average Bonchev–Trinajstić information content (AvgIpc) is 2.36. The summed E-state index contributed by atoms with van der Waals surface area (Å²) in [4.78, 5) is 23.8. The SMILES string of the molecule is C/C=C\C(=C/CC)C(=O)OC(=O)C(CCC)CC(C)(F)F. The van der Waals surface area contributed by atoms with Gasteiger partial charge in [0.25, 0.3) is 0 Å². The Morgan fingerprint density at radius 2 is 1.90 bits per heavy atom. The van der Waals surface area contributed by atoms with Gasteiger partial charge in [0, 0.05) is 6.42 Å². The zero-order valence-corrected chi connectivity index (χ0v) is 13.1. The van der Waals surface area contributed by atoms with Gasteiger partial charge in [-0.25, -0.2) is 13.6 Å². The smallest absolute Gasteiger partial charge is 0.345 e. The van der Waals surface area contributed by atoms with Crippen LogP contribution in [0.5, 0.6) is 0 Å². The highest BCUT2D eigenvalue weighted by molar-refractivity contribution is 5.98. The maximum absolute atomic E-state index is 13.1. The molecule has 0 bridgehead atoms. The topological polar surface area (TPSA) is 43.4 Å². The third-order valence-corrected chi connectivity index (χ3v) is 2.77. The zero-order valence-electron chi connectivity index (χ0n) is 13.1. The van der Waals surface area contributed by atoms with Gasteiger partial charge in [0.15, 0.2) is 0 Å². The number of allylic oxidation sites excluding steroid dienone is 2. The highest BCUT2D eigenvalue weighted by atomic mass is 19.3. The van der Waals surface area contributed by atoms with E-state index in [2.05, 4.69) is 0 Å². The molecule has 0 spiro atoms. The Labute approximate surface area is 125 Å². The summed E-state index contributed by atoms with van der Waals surface area (Å²) in [6.07, 6.45) is 5.64. The Morgan fingerprint density at radius 3 is 2.33 bits per heavy atom. The second kappa shape index (κ2) is 9.42. The van der Waals surface area contributed by atoms with Crippen molar-refractivity contribution in [1.29, 1.82) is 0 Å². The maximum Gasteiger partial charge on any atom is 0.345 e. The molecule has 0 aliphatic rings. The Morgan fingerprint density at radius 1 is 1.29 bits per heavy atom. The molecule has 0 saturated carbocycles. The summed E-state index contributed by atoms with van der Waals surface area (Å²) in [5, 5.41) is 0. The third-order valence-electron chi connectivity index (χ3n) is 2.77. The number of hydrogen-bond donors (Lipinski definition) is 0. The first-order valence-corrected chi connectivity index (χ1v) is 7.21. The summed E-state index contributed by atoms with van der Waals surface area (Å²) in [5.41, 5.74) is 0.256. The second-order valence-corrected chi connectivity index (χ2v) is 5.04. The van der Waals surface area contributed by atoms with Crippen molar-refractivity contribution in [1.82, 2.24) is 0 Å². The van der Waals surface area contributed by atoms with Crippen molar-refractivity contribution in [2.45, 2.75) is 59.3 Å². The fraction of sp³-hybridized carbons (Fsp3) is 0.625. The van der Waals surface area contributed by atoms with Gasteiger partial charge in [0.05, 0.1) is 11.5 Å². The van der Waals surface area contributed by atoms with Gasteiger partial charge in [-0.05, 0) is 26.7 Å². The van der Waals surface area contributed by atoms with Crippen LogP contribution >= 0.6 is 0 Å². The number of hydrogen-bond acceptors (Lipinski definition) is 3. The van der Waals surface area contributed by atoms with E-state index in [-0.39, 0.29) is 12.0 Å². The lowest BCUT2D eigenvalue weighted by atomic mass is 9.97. The molecule has 0 N–H and O–H groups in total. The van der Waals surface area contributed by atoms with Crippen LogP contribution in [-0.4, -0.2) is 17.9 Å². The minimum atomic E-state index is -2.96. The van der Waals surface area contributed by atoms with Crippen LogP contribution < -0.4 is 0 Å². The van der Waals surface area contributed by atoms with E-state index >= 15 is 0 Å². The molecular weight excluding hydrogens is 278 g/mol. The predicted octanol–water partition coefficient (Wildman–Crippen LogP) is 4.43. The number of rotatable bonds is 8. The van der Waals surface area contributed by atoms with Gasteiger partial charge >= 0.3 is 11.9 Å². The fourth-order valence-electron chi connectivity index (χ4n) is 1.94. The molecule has 0 rings (SSSR count). The highest BCUT2D eigenvalue weighted by Gasteiger charge is 2.32. The standard InChI is InChI=1S/C16H24F2O3/c1-5-8-12(9-6-2)14(19)21-15(20)13(10-7-3)11-16(4,17)18/h5,8-9,13H,6-7,10-11H2,1-4H3/b8-5-,12-9+. The van der Waals surface area contributed by atoms with Crippen molar-refractivity contribution < 1.29 is 23.1 Å². The molecule has 0 heterocycles. The summed E-state index contributed by atoms with van der Waals surface area (Å²) >= 11 is 0. The molecule has 0 fully saturated rings. The van der Waals surface area contributed by atoms with Crippen LogP contribution in [-0.2, 0) is 14.3 Å². The van der Waals surface area contributed by atoms with Crippen molar-refractivity contribution >= 4 is 11.9 Å². The Kier molecular flexibility index (Phi) is 8.74. The molecule has 0 aromatic carbocycles. The summed E-state index contributed by atoms with van der Waals surface area (Å²) in [7, 11) is 0. The highest BCUT2D eigenvalue weighted by Crippen LogP contribution is 2.26. The molecule has 120 valence electrons. The molecule has 3 nitrogen and oxygen atoms in total. The van der Waals surface area contributed by atoms with E-state index < -0.39 is 30.2 Å². The van der Waals surface area contributed by atoms with Crippen LogP contribution in [0.3, 0.4) is 0 Å². The van der Waals surface area contributed by atoms with Crippen LogP contribution in [0.1, 0.15) is 53.4 Å². The molecule has 0 amide bonds. The number of carbonyl (C=O) groups excluding carboxylic acids is 2. The van der Waals surface area contributed by atoms with Crippen molar-refractivity contribution in [3.63, 3.8) is 0 Å². The summed E-state index contributed by atoms with van der Waals surface area (Å²) in [6, 6.07) is 0. The van der Waals surface area contributed by atoms with E-state index in [0.29, 0.717) is 12.8 Å². The quantitative estimate of drug-likeness (QED) is 0.288. The molecule has 1 atom stereocenters. The van der Waals surface area contributed by atoms with Crippen molar-refractivity contribution in [3.8, 4) is 0 Å². The molecule has 0 aliphatic heterocycles. The monoisotopic (exact) mass is 302 g/mol. The summed E-state index contributed by atoms with van der Waals surface area (Å²) in [6.45, 7) is 6.12. The van der Waals surface area contributed by atoms with E-state index in [1.165, 1.54) is 6.08 Å². The maximum atomic E-state index is 13.1. The van der Waals surface area contributed by atoms with Gasteiger partial charge in [-0.2, -0.15) is 0 Å². The first-order valence-electron chi connectivity index (χ1n) is 7.21. The van der Waals surface area contributed by atoms with Gasteiger partial charge in [0.1, 0.15) is 0 Å². The Balaban J connectivity index is 4.89. The number of halogens is 2. The second-order valence-electron chi connectivity index (χ2n) is 5.04. The minimum Gasteiger partial charge on any atom is -0.389 e. The lowest BCUT2D eigenvalue weighted by Crippen LogP contribution is -2.27. The zero-order chi connectivity index (χ0) is 16.5. The van der Waals surface area contributed by atoms with Crippen LogP contribution in [0.2, 0.25) is 0 Å². The minimum absolute atomic E-state index is 0.256. The normalized spacial score (nSPS) is 14.3. The lowest BCUT2D eigenvalue weighted by molar-refractivity contribution is -0.162. The van der Waals surface area contributed by atoms with Gasteiger partial charge in [-0.3, -0.25) is 4.79 Å². The molecule has 0 aromatic heterocycles. The number of carbonyl (C=O) groups is 2. The largest absolute Gasteiger partial charge is 0.389 e. The summed E-state index contributed by atoms with van der Waals surface area (Å²) in [5.74, 6) is -5.60. The van der Waals surface area contributed by atoms with Crippen LogP contribution in [0.4, 0.5) is 8.78 Å². The van der Waals surface area contributed by atoms with E-state index in [1.807, 2.05) is 6.92 Å². The van der Waals surface area contributed by atoms with Crippen molar-refractivity contribution in [2.24, 2.45) is 5.92 Å². The number of alkyl halides is 2. The number of esters is 2. The van der Waals surface area contributed by atoms with Gasteiger partial charge in [-0.1, -0.05) is 38.5 Å². The van der Waals surface area contributed by atoms with Gasteiger partial charge in [0.2, 0.25) is 5.92 Å². The Hall–Kier alpha value is -1.52. The molecule has 21 heavy (non-hydrogen) atoms. The average molecular weight is 302 g/mol. The molecular formula is C16H24F2O3. The van der Waals surface area contributed by atoms with Crippen LogP contribution in [0.25, 0.3) is 0 Å². The first kappa shape index (κ1) is 19.5. The third kappa shape index (κ3) is 8.38. The van der Waals surface area contributed by atoms with Crippen LogP contribution in [0.15, 0.2) is 23.8 Å². The van der Waals surface area contributed by atoms with E-state index in [9.17, 15) is 18.4 Å². The molecule has 0 aromatic rings. The van der Waals surface area contributed by atoms with Crippen molar-refractivity contribution in [2.75, 3.05) is 0 Å². The molecule has 1 unspecified atom stereocenters. The number of ether oxygens (including phenoxy) is 1. The first-order chi connectivity index (χ1) is 9.75. The van der Waals surface area contributed by atoms with E-state index in [0.717, 1.165) is 6.92 Å². The van der Waals surface area contributed by atoms with E-state index in [1.54, 1.807) is 26.0 Å². The molecule has 5 heteroatoms.